The number of aromatic nitrogens is 2. The minimum Gasteiger partial charge on any atom is -0.369 e. The molecule has 16 heavy (non-hydrogen) atoms. The lowest BCUT2D eigenvalue weighted by Gasteiger charge is -2.07. The summed E-state index contributed by atoms with van der Waals surface area (Å²) >= 11 is 11.8. The molecule has 0 radical (unpaired) electrons. The number of nitrogens with two attached hydrogens (primary N) is 1. The standard InChI is InChI=1S/C11H11Cl2N3/c1-2-16-10(6-15-11(16)14)7-3-4-8(12)9(13)5-7/h3-6H,2H2,1H3,(H2,14,15). The fourth-order valence-electron chi connectivity index (χ4n) is 1.61. The summed E-state index contributed by atoms with van der Waals surface area (Å²) in [5.41, 5.74) is 7.65. The lowest BCUT2D eigenvalue weighted by Crippen LogP contribution is -2.02. The van der Waals surface area contributed by atoms with Crippen LogP contribution in [0.25, 0.3) is 11.3 Å². The Bertz CT molecular complexity index is 520. The van der Waals surface area contributed by atoms with Crippen LogP contribution in [0, 0.1) is 0 Å². The van der Waals surface area contributed by atoms with E-state index in [4.69, 9.17) is 28.9 Å². The second kappa shape index (κ2) is 4.36. The Labute approximate surface area is 104 Å². The fourth-order valence-corrected chi connectivity index (χ4v) is 1.91. The number of imidazole rings is 1. The minimum absolute atomic E-state index is 0.503. The Morgan fingerprint density at radius 1 is 1.31 bits per heavy atom. The molecule has 84 valence electrons. The number of nitrogen functional groups attached to an aromatic ring is 1. The first kappa shape index (κ1) is 11.3. The molecule has 0 saturated carbocycles. The van der Waals surface area contributed by atoms with Crippen LogP contribution >= 0.6 is 23.2 Å². The zero-order valence-electron chi connectivity index (χ0n) is 8.74. The van der Waals surface area contributed by atoms with Crippen molar-refractivity contribution in [2.45, 2.75) is 13.5 Å². The first-order valence-corrected chi connectivity index (χ1v) is 5.65. The molecule has 2 aromatic rings. The summed E-state index contributed by atoms with van der Waals surface area (Å²) in [5, 5.41) is 1.07. The highest BCUT2D eigenvalue weighted by Gasteiger charge is 2.09. The van der Waals surface area contributed by atoms with E-state index < -0.39 is 0 Å². The molecular weight excluding hydrogens is 245 g/mol. The first-order valence-electron chi connectivity index (χ1n) is 4.90. The molecule has 0 aliphatic heterocycles. The van der Waals surface area contributed by atoms with E-state index >= 15 is 0 Å². The van der Waals surface area contributed by atoms with Gasteiger partial charge in [-0.3, -0.25) is 0 Å². The summed E-state index contributed by atoms with van der Waals surface area (Å²) in [6.45, 7) is 2.78. The first-order chi connectivity index (χ1) is 7.63. The van der Waals surface area contributed by atoms with Gasteiger partial charge in [0.2, 0.25) is 5.95 Å². The van der Waals surface area contributed by atoms with Crippen LogP contribution in [0.2, 0.25) is 10.0 Å². The molecule has 1 aromatic carbocycles. The molecule has 0 atom stereocenters. The molecule has 0 amide bonds. The van der Waals surface area contributed by atoms with Crippen molar-refractivity contribution in [3.63, 3.8) is 0 Å². The Hall–Kier alpha value is -1.19. The van der Waals surface area contributed by atoms with Crippen LogP contribution in [0.4, 0.5) is 5.95 Å². The molecule has 0 spiro atoms. The highest BCUT2D eigenvalue weighted by molar-refractivity contribution is 6.42. The van der Waals surface area contributed by atoms with Crippen molar-refractivity contribution in [1.29, 1.82) is 0 Å². The molecule has 0 aliphatic carbocycles. The predicted octanol–water partition coefficient (Wildman–Crippen LogP) is 3.46. The number of rotatable bonds is 2. The summed E-state index contributed by atoms with van der Waals surface area (Å²) in [6, 6.07) is 5.48. The van der Waals surface area contributed by atoms with E-state index in [9.17, 15) is 0 Å². The maximum atomic E-state index is 5.97. The Balaban J connectivity index is 2.54. The maximum absolute atomic E-state index is 5.97. The van der Waals surface area contributed by atoms with E-state index in [2.05, 4.69) is 4.98 Å². The van der Waals surface area contributed by atoms with E-state index in [1.165, 1.54) is 0 Å². The normalized spacial score (nSPS) is 10.7. The molecule has 3 nitrogen and oxygen atoms in total. The number of hydrogen-bond acceptors (Lipinski definition) is 2. The zero-order valence-corrected chi connectivity index (χ0v) is 10.3. The number of hydrogen-bond donors (Lipinski definition) is 1. The average Bonchev–Trinajstić information content (AvgIpc) is 2.63. The summed E-state index contributed by atoms with van der Waals surface area (Å²) in [6.07, 6.45) is 1.73. The van der Waals surface area contributed by atoms with Gasteiger partial charge < -0.3 is 10.3 Å². The summed E-state index contributed by atoms with van der Waals surface area (Å²) in [5.74, 6) is 0.503. The SMILES string of the molecule is CCn1c(-c2ccc(Cl)c(Cl)c2)cnc1N. The number of benzene rings is 1. The van der Waals surface area contributed by atoms with Gasteiger partial charge in [0.05, 0.1) is 21.9 Å². The van der Waals surface area contributed by atoms with E-state index in [-0.39, 0.29) is 0 Å². The van der Waals surface area contributed by atoms with E-state index in [0.717, 1.165) is 17.8 Å². The number of anilines is 1. The Morgan fingerprint density at radius 3 is 2.69 bits per heavy atom. The van der Waals surface area contributed by atoms with Gasteiger partial charge in [0, 0.05) is 12.1 Å². The molecule has 0 aliphatic rings. The minimum atomic E-state index is 0.503. The van der Waals surface area contributed by atoms with Crippen LogP contribution in [0.1, 0.15) is 6.92 Å². The van der Waals surface area contributed by atoms with Crippen molar-refractivity contribution >= 4 is 29.2 Å². The molecule has 5 heteroatoms. The second-order valence-electron chi connectivity index (χ2n) is 3.37. The monoisotopic (exact) mass is 255 g/mol. The third kappa shape index (κ3) is 1.88. The third-order valence-electron chi connectivity index (χ3n) is 2.42. The smallest absolute Gasteiger partial charge is 0.200 e. The van der Waals surface area contributed by atoms with Gasteiger partial charge in [0.15, 0.2) is 0 Å². The topological polar surface area (TPSA) is 43.8 Å². The van der Waals surface area contributed by atoms with Gasteiger partial charge in [-0.05, 0) is 19.1 Å². The zero-order chi connectivity index (χ0) is 11.7. The lowest BCUT2D eigenvalue weighted by molar-refractivity contribution is 0.781. The van der Waals surface area contributed by atoms with E-state index in [1.807, 2.05) is 23.6 Å². The van der Waals surface area contributed by atoms with Crippen LogP contribution in [-0.4, -0.2) is 9.55 Å². The fraction of sp³-hybridized carbons (Fsp3) is 0.182. The molecule has 0 bridgehead atoms. The summed E-state index contributed by atoms with van der Waals surface area (Å²) in [7, 11) is 0. The molecule has 0 unspecified atom stereocenters. The molecule has 0 saturated heterocycles. The third-order valence-corrected chi connectivity index (χ3v) is 3.16. The van der Waals surface area contributed by atoms with Crippen LogP contribution in [0.15, 0.2) is 24.4 Å². The van der Waals surface area contributed by atoms with Crippen LogP contribution in [-0.2, 0) is 6.54 Å². The quantitative estimate of drug-likeness (QED) is 0.894. The summed E-state index contributed by atoms with van der Waals surface area (Å²) < 4.78 is 1.92. The van der Waals surface area contributed by atoms with Gasteiger partial charge in [-0.1, -0.05) is 29.3 Å². The van der Waals surface area contributed by atoms with Gasteiger partial charge in [-0.25, -0.2) is 4.98 Å². The molecule has 0 fully saturated rings. The van der Waals surface area contributed by atoms with Gasteiger partial charge >= 0.3 is 0 Å². The largest absolute Gasteiger partial charge is 0.369 e. The molecule has 1 heterocycles. The van der Waals surface area contributed by atoms with Crippen LogP contribution in [0.5, 0.6) is 0 Å². The van der Waals surface area contributed by atoms with Crippen molar-refractivity contribution in [3.05, 3.63) is 34.4 Å². The highest BCUT2D eigenvalue weighted by Crippen LogP contribution is 2.29. The average molecular weight is 256 g/mol. The van der Waals surface area contributed by atoms with Crippen molar-refractivity contribution in [2.75, 3.05) is 5.73 Å². The van der Waals surface area contributed by atoms with E-state index in [1.54, 1.807) is 12.3 Å². The lowest BCUT2D eigenvalue weighted by atomic mass is 10.1. The molecule has 1 aromatic heterocycles. The van der Waals surface area contributed by atoms with Gasteiger partial charge in [0.1, 0.15) is 0 Å². The molecule has 2 N–H and O–H groups in total. The van der Waals surface area contributed by atoms with Gasteiger partial charge in [0.25, 0.3) is 0 Å². The number of nitrogens with zero attached hydrogens (tertiary/aromatic N) is 2. The predicted molar refractivity (Wildman–Crippen MR) is 67.8 cm³/mol. The van der Waals surface area contributed by atoms with E-state index in [0.29, 0.717) is 16.0 Å². The van der Waals surface area contributed by atoms with Crippen LogP contribution in [0.3, 0.4) is 0 Å². The second-order valence-corrected chi connectivity index (χ2v) is 4.19. The molecule has 2 rings (SSSR count). The van der Waals surface area contributed by atoms with Crippen molar-refractivity contribution in [3.8, 4) is 11.3 Å². The maximum Gasteiger partial charge on any atom is 0.200 e. The Kier molecular flexibility index (Phi) is 3.08. The Morgan fingerprint density at radius 2 is 2.06 bits per heavy atom. The van der Waals surface area contributed by atoms with Crippen molar-refractivity contribution < 1.29 is 0 Å². The van der Waals surface area contributed by atoms with Gasteiger partial charge in [-0.15, -0.1) is 0 Å². The van der Waals surface area contributed by atoms with Gasteiger partial charge in [-0.2, -0.15) is 0 Å². The van der Waals surface area contributed by atoms with Crippen molar-refractivity contribution in [2.24, 2.45) is 0 Å². The van der Waals surface area contributed by atoms with Crippen molar-refractivity contribution in [1.82, 2.24) is 9.55 Å². The highest BCUT2D eigenvalue weighted by atomic mass is 35.5. The number of halogens is 2. The molecular formula is C11H11Cl2N3. The summed E-state index contributed by atoms with van der Waals surface area (Å²) in [4.78, 5) is 4.08. The van der Waals surface area contributed by atoms with Crippen LogP contribution < -0.4 is 5.73 Å².